The number of ether oxygens (including phenoxy) is 1. The van der Waals surface area contributed by atoms with Crippen LogP contribution >= 0.6 is 11.6 Å². The molecule has 13 aromatic rings. The zero-order valence-corrected chi connectivity index (χ0v) is 33.6. The van der Waals surface area contributed by atoms with Crippen molar-refractivity contribution >= 4 is 93.9 Å². The highest BCUT2D eigenvalue weighted by atomic mass is 32.2. The van der Waals surface area contributed by atoms with E-state index < -0.39 is 345 Å². The fraction of sp³-hybridized carbons (Fsp3) is 0. The Bertz CT molecular complexity index is 6200. The molecule has 0 saturated heterocycles. The molecule has 0 saturated carbocycles. The lowest BCUT2D eigenvalue weighted by Gasteiger charge is -2.33. The molecule has 0 bridgehead atoms. The topological polar surface area (TPSA) is 24.0 Å². The Morgan fingerprint density at radius 3 is 1.52 bits per heavy atom. The van der Waals surface area contributed by atoms with Gasteiger partial charge < -0.3 is 18.4 Å². The molecule has 6 heteroatoms. The number of para-hydroxylation sites is 5. The Morgan fingerprint density at radius 2 is 0.879 bits per heavy atom. The first-order chi connectivity index (χ1) is 47.8. The average Bonchev–Trinajstić information content (AvgIpc) is 1.31. The fourth-order valence-corrected chi connectivity index (χ4v) is 9.92. The molecule has 0 N–H and O–H groups in total. The van der Waals surface area contributed by atoms with E-state index in [0.29, 0.717) is 11.6 Å². The Hall–Kier alpha value is -8.19. The van der Waals surface area contributed by atoms with Crippen molar-refractivity contribution in [2.24, 2.45) is 0 Å². The van der Waals surface area contributed by atoms with Gasteiger partial charge in [0.05, 0.1) is 88.1 Å². The molecule has 0 fully saturated rings. The van der Waals surface area contributed by atoms with Crippen molar-refractivity contribution in [2.75, 3.05) is 0 Å². The Morgan fingerprint density at radius 1 is 0.364 bits per heavy atom. The number of aromatic nitrogens is 3. The van der Waals surface area contributed by atoms with Crippen LogP contribution in [0.3, 0.4) is 0 Å². The van der Waals surface area contributed by atoms with Gasteiger partial charge in [-0.15, -0.1) is 0 Å². The zero-order chi connectivity index (χ0) is 74.4. The zero-order valence-electron chi connectivity index (χ0n) is 68.7. The van der Waals surface area contributed by atoms with Gasteiger partial charge in [-0.2, -0.15) is 11.6 Å². The molecular weight excluding hydrogens is 822 g/mol. The van der Waals surface area contributed by atoms with Crippen LogP contribution < -0.4 is 15.7 Å². The van der Waals surface area contributed by atoms with Crippen LogP contribution in [0.5, 0.6) is 11.5 Å². The van der Waals surface area contributed by atoms with E-state index in [1.54, 1.807) is 0 Å². The summed E-state index contributed by atoms with van der Waals surface area (Å²) in [7, 11) is 0. The minimum Gasteiger partial charge on any atom is -0.458 e. The standard InChI is InChI=1S/C60H36BN3OS/c1-7-22-51-42(16-1)43-17-2-8-23-52(43)62(51)39-15-13-14-37(32-39)38-28-30-50-57(33-38)65-58-36-41(35-49-47-21-6-12-27-59(47)66-61(50)60(49)58)64-55-26-11-5-20-46(55)48-34-40(29-31-56(48)64)63-53-24-9-3-18-44(53)45-19-4-10-25-54(45)63/h1-36H/i1D,2D,3D,4D,5D,6D,7D,8D,9D,10D,11D,12D,13D,14D,15D,16D,17D,18D,19D,20D,21D,22D,23D,24D,25D,26D,27D,28D,29D,30D,31D,32D,33D,34D,35D,36D. The molecule has 306 valence electrons. The van der Waals surface area contributed by atoms with Crippen molar-refractivity contribution in [3.8, 4) is 50.8 Å². The number of rotatable bonds is 4. The Labute approximate surface area is 435 Å². The van der Waals surface area contributed by atoms with Crippen LogP contribution in [0.1, 0.15) is 49.3 Å². The van der Waals surface area contributed by atoms with Gasteiger partial charge in [0.25, 0.3) is 5.99 Å². The lowest BCUT2D eigenvalue weighted by atomic mass is 9.57. The third-order valence-electron chi connectivity index (χ3n) is 11.4. The predicted molar refractivity (Wildman–Crippen MR) is 278 cm³/mol. The third kappa shape index (κ3) is 5.07. The molecule has 0 unspecified atom stereocenters. The summed E-state index contributed by atoms with van der Waals surface area (Å²) in [4.78, 5) is -0.353. The number of hydrogen-bond acceptors (Lipinski definition) is 2. The summed E-state index contributed by atoms with van der Waals surface area (Å²) in [5.41, 5.74) is -10.1. The maximum absolute atomic E-state index is 10.4. The van der Waals surface area contributed by atoms with E-state index in [1.165, 1.54) is 0 Å². The Balaban J connectivity index is 1.07. The van der Waals surface area contributed by atoms with Gasteiger partial charge in [-0.3, -0.25) is 0 Å². The number of fused-ring (bicyclic) bond motifs is 13. The number of hydrogen-bond donors (Lipinski definition) is 0. The van der Waals surface area contributed by atoms with Crippen LogP contribution in [0.2, 0.25) is 0 Å². The minimum atomic E-state index is -1.66. The first-order valence-corrected chi connectivity index (χ1v) is 20.6. The van der Waals surface area contributed by atoms with Gasteiger partial charge in [-0.25, -0.2) is 0 Å². The third-order valence-corrected chi connectivity index (χ3v) is 12.7. The van der Waals surface area contributed by atoms with E-state index in [2.05, 4.69) is 0 Å². The van der Waals surface area contributed by atoms with Gasteiger partial charge in [0.2, 0.25) is 0 Å². The molecular formula is C60H36BN3OS. The summed E-state index contributed by atoms with van der Waals surface area (Å²) in [6.07, 6.45) is 0. The molecule has 0 radical (unpaired) electrons. The lowest BCUT2D eigenvalue weighted by Crippen LogP contribution is -2.46. The molecule has 0 spiro atoms. The van der Waals surface area contributed by atoms with Crippen molar-refractivity contribution < 1.29 is 54.1 Å². The molecule has 10 aromatic carbocycles. The van der Waals surface area contributed by atoms with E-state index in [0.717, 1.165) is 13.7 Å². The van der Waals surface area contributed by atoms with E-state index in [9.17, 15) is 24.7 Å². The number of nitrogens with zero attached hydrogens (tertiary/aromatic N) is 3. The predicted octanol–water partition coefficient (Wildman–Crippen LogP) is 14.6. The van der Waals surface area contributed by atoms with Crippen molar-refractivity contribution in [2.45, 2.75) is 4.90 Å². The molecule has 15 rings (SSSR count). The van der Waals surface area contributed by atoms with Crippen molar-refractivity contribution in [3.05, 3.63) is 218 Å². The second-order valence-corrected chi connectivity index (χ2v) is 15.9. The SMILES string of the molecule is [2H]c1c([2H])c([2H])c2c(c1[2H])SB1c3c([2H])c([2H])c(-c4c([2H])c([2H])c([2H])c(-n5c6c([2H])c([2H])c([2H])c([2H])c6c6c([2H])c([2H])c([2H])c([2H])c65)c4[2H])c([2H])c3Oc3c([2H])c(-n4c5c([2H])c([2H])c([2H])c([2H])c5c5c([2H])c(-n6c7c([2H])c([2H])c([2H])c([2H])c7c7c([2H])c([2H])c([2H])c([2H])c76)c([2H])c([2H])c54)c([2H])c-2c31. The van der Waals surface area contributed by atoms with Crippen molar-refractivity contribution in [1.29, 1.82) is 0 Å². The molecule has 2 aliphatic heterocycles. The van der Waals surface area contributed by atoms with Crippen molar-refractivity contribution in [3.63, 3.8) is 0 Å². The maximum atomic E-state index is 10.4. The summed E-state index contributed by atoms with van der Waals surface area (Å²) in [6.45, 7) is 0. The van der Waals surface area contributed by atoms with E-state index in [-0.39, 0.29) is 10.4 Å². The first-order valence-electron chi connectivity index (χ1n) is 37.7. The highest BCUT2D eigenvalue weighted by molar-refractivity contribution is 8.28. The van der Waals surface area contributed by atoms with Gasteiger partial charge in [0.15, 0.2) is 0 Å². The Kier molecular flexibility index (Phi) is 3.32. The van der Waals surface area contributed by atoms with E-state index in [1.807, 2.05) is 0 Å². The van der Waals surface area contributed by atoms with Crippen LogP contribution in [-0.2, 0) is 0 Å². The summed E-state index contributed by atoms with van der Waals surface area (Å²) in [6, 6.07) is -33.4. The number of benzene rings is 10. The molecule has 0 aliphatic carbocycles. The quantitative estimate of drug-likeness (QED) is 0.164. The molecule has 3 aromatic heterocycles. The summed E-state index contributed by atoms with van der Waals surface area (Å²) < 4.78 is 343. The van der Waals surface area contributed by atoms with Crippen LogP contribution in [0.25, 0.3) is 105 Å². The maximum Gasteiger partial charge on any atom is 0.289 e. The minimum absolute atomic E-state index is 0.333. The van der Waals surface area contributed by atoms with E-state index in [4.69, 9.17) is 29.4 Å². The average molecular weight is 894 g/mol. The smallest absolute Gasteiger partial charge is 0.289 e. The molecule has 0 atom stereocenters. The largest absolute Gasteiger partial charge is 0.458 e. The van der Waals surface area contributed by atoms with Crippen molar-refractivity contribution in [1.82, 2.24) is 13.7 Å². The first kappa shape index (κ1) is 16.1. The molecule has 4 nitrogen and oxygen atoms in total. The molecule has 66 heavy (non-hydrogen) atoms. The summed E-state index contributed by atoms with van der Waals surface area (Å²) in [5.74, 6) is -3.22. The molecule has 0 amide bonds. The lowest BCUT2D eigenvalue weighted by molar-refractivity contribution is 0.488. The van der Waals surface area contributed by atoms with E-state index >= 15 is 0 Å². The molecule has 5 heterocycles. The van der Waals surface area contributed by atoms with Gasteiger partial charge in [-0.1, -0.05) is 133 Å². The fourth-order valence-electron chi connectivity index (χ4n) is 8.68. The second kappa shape index (κ2) is 13.7. The van der Waals surface area contributed by atoms with Crippen LogP contribution in [0.4, 0.5) is 0 Å². The normalized spacial score (nSPS) is 20.5. The van der Waals surface area contributed by atoms with Gasteiger partial charge >= 0.3 is 0 Å². The molecule has 2 aliphatic rings. The van der Waals surface area contributed by atoms with Crippen LogP contribution in [0, 0.1) is 0 Å². The van der Waals surface area contributed by atoms with Gasteiger partial charge in [0, 0.05) is 54.6 Å². The second-order valence-electron chi connectivity index (χ2n) is 14.8. The van der Waals surface area contributed by atoms with Crippen LogP contribution in [0.15, 0.2) is 222 Å². The van der Waals surface area contributed by atoms with Gasteiger partial charge in [-0.05, 0) is 112 Å². The highest BCUT2D eigenvalue weighted by Gasteiger charge is 2.39. The monoisotopic (exact) mass is 893 g/mol. The summed E-state index contributed by atoms with van der Waals surface area (Å²) in [5, 5.41) is -3.39. The highest BCUT2D eigenvalue weighted by Crippen LogP contribution is 2.46. The summed E-state index contributed by atoms with van der Waals surface area (Å²) >= 11 is 0.593. The van der Waals surface area contributed by atoms with Crippen LogP contribution in [-0.4, -0.2) is 19.7 Å². The van der Waals surface area contributed by atoms with Gasteiger partial charge in [0.1, 0.15) is 11.5 Å².